The minimum atomic E-state index is -0.426. The zero-order valence-corrected chi connectivity index (χ0v) is 6.50. The molecule has 0 unspecified atom stereocenters. The van der Waals surface area contributed by atoms with E-state index in [-0.39, 0.29) is 0 Å². The number of nitrogens with one attached hydrogen (secondary N) is 1. The summed E-state index contributed by atoms with van der Waals surface area (Å²) in [5.74, 6) is 0. The molecule has 0 spiro atoms. The van der Waals surface area contributed by atoms with E-state index in [1.165, 1.54) is 12.1 Å². The first kappa shape index (κ1) is 7.65. The number of hydrogen-bond donors (Lipinski definition) is 1. The standard InChI is InChI=1S/C7H10N2O2/c1-6-3-4-9(8-5-6)7(10)11-2/h3-5,8H,1-2H3. The molecule has 1 aliphatic rings. The fourth-order valence-corrected chi connectivity index (χ4v) is 0.667. The van der Waals surface area contributed by atoms with Crippen LogP contribution in [0.1, 0.15) is 6.92 Å². The van der Waals surface area contributed by atoms with Crippen molar-refractivity contribution in [1.82, 2.24) is 10.4 Å². The van der Waals surface area contributed by atoms with Crippen LogP contribution in [0.4, 0.5) is 4.79 Å². The first-order chi connectivity index (χ1) is 5.24. The molecule has 0 fully saturated rings. The largest absolute Gasteiger partial charge is 0.451 e. The fourth-order valence-electron chi connectivity index (χ4n) is 0.667. The molecule has 1 amide bonds. The topological polar surface area (TPSA) is 41.6 Å². The van der Waals surface area contributed by atoms with Crippen LogP contribution >= 0.6 is 0 Å². The number of rotatable bonds is 0. The molecule has 0 aromatic carbocycles. The molecule has 0 bridgehead atoms. The number of allylic oxidation sites excluding steroid dienone is 2. The van der Waals surface area contributed by atoms with Crippen LogP contribution in [0.2, 0.25) is 0 Å². The van der Waals surface area contributed by atoms with Gasteiger partial charge >= 0.3 is 6.09 Å². The van der Waals surface area contributed by atoms with Crippen molar-refractivity contribution in [3.63, 3.8) is 0 Å². The van der Waals surface area contributed by atoms with Gasteiger partial charge in [-0.2, -0.15) is 5.01 Å². The molecular weight excluding hydrogens is 144 g/mol. The third-order valence-electron chi connectivity index (χ3n) is 1.29. The lowest BCUT2D eigenvalue weighted by Gasteiger charge is -2.19. The van der Waals surface area contributed by atoms with Gasteiger partial charge in [0.1, 0.15) is 0 Å². The van der Waals surface area contributed by atoms with Crippen LogP contribution in [0, 0.1) is 0 Å². The number of hydrogen-bond acceptors (Lipinski definition) is 3. The Bertz CT molecular complexity index is 220. The molecule has 60 valence electrons. The number of hydrazine groups is 1. The summed E-state index contributed by atoms with van der Waals surface area (Å²) in [6.07, 6.45) is 4.72. The van der Waals surface area contributed by atoms with Gasteiger partial charge in [-0.15, -0.1) is 0 Å². The normalized spacial score (nSPS) is 15.5. The van der Waals surface area contributed by atoms with E-state index in [1.807, 2.05) is 13.0 Å². The molecule has 0 saturated carbocycles. The summed E-state index contributed by atoms with van der Waals surface area (Å²) in [5, 5.41) is 1.26. The van der Waals surface area contributed by atoms with Crippen LogP contribution in [0.5, 0.6) is 0 Å². The molecule has 0 aromatic rings. The number of nitrogens with zero attached hydrogens (tertiary/aromatic N) is 1. The molecule has 4 nitrogen and oxygen atoms in total. The molecule has 1 N–H and O–H groups in total. The summed E-state index contributed by atoms with van der Waals surface area (Å²) in [6, 6.07) is 0. The molecule has 0 saturated heterocycles. The minimum absolute atomic E-state index is 0.426. The van der Waals surface area contributed by atoms with Crippen LogP contribution in [0.15, 0.2) is 24.0 Å². The smallest absolute Gasteiger partial charge is 0.432 e. The van der Waals surface area contributed by atoms with E-state index in [4.69, 9.17) is 0 Å². The van der Waals surface area contributed by atoms with E-state index in [9.17, 15) is 4.79 Å². The van der Waals surface area contributed by atoms with Crippen molar-refractivity contribution in [1.29, 1.82) is 0 Å². The number of ether oxygens (including phenoxy) is 1. The Labute approximate surface area is 65.1 Å². The van der Waals surface area contributed by atoms with Crippen LogP contribution in [-0.2, 0) is 4.74 Å². The monoisotopic (exact) mass is 154 g/mol. The molecule has 4 heteroatoms. The molecule has 0 atom stereocenters. The number of methoxy groups -OCH3 is 1. The Kier molecular flexibility index (Phi) is 2.15. The highest BCUT2D eigenvalue weighted by Crippen LogP contribution is 2.02. The zero-order valence-electron chi connectivity index (χ0n) is 6.50. The molecule has 11 heavy (non-hydrogen) atoms. The van der Waals surface area contributed by atoms with E-state index in [2.05, 4.69) is 10.2 Å². The second-order valence-electron chi connectivity index (χ2n) is 2.17. The first-order valence-corrected chi connectivity index (χ1v) is 3.22. The predicted molar refractivity (Wildman–Crippen MR) is 40.3 cm³/mol. The Morgan fingerprint density at radius 1 is 1.73 bits per heavy atom. The van der Waals surface area contributed by atoms with Gasteiger partial charge in [-0.1, -0.05) is 0 Å². The molecule has 1 rings (SSSR count). The van der Waals surface area contributed by atoms with Crippen LogP contribution in [0.3, 0.4) is 0 Å². The van der Waals surface area contributed by atoms with Crippen molar-refractivity contribution in [2.45, 2.75) is 6.92 Å². The van der Waals surface area contributed by atoms with Gasteiger partial charge in [0.2, 0.25) is 0 Å². The molecule has 1 heterocycles. The SMILES string of the molecule is COC(=O)N1C=CC(C)=CN1. The van der Waals surface area contributed by atoms with Crippen molar-refractivity contribution in [2.24, 2.45) is 0 Å². The summed E-state index contributed by atoms with van der Waals surface area (Å²) < 4.78 is 4.47. The van der Waals surface area contributed by atoms with E-state index in [0.29, 0.717) is 0 Å². The summed E-state index contributed by atoms with van der Waals surface area (Å²) in [6.45, 7) is 1.93. The van der Waals surface area contributed by atoms with Crippen molar-refractivity contribution >= 4 is 6.09 Å². The van der Waals surface area contributed by atoms with Crippen LogP contribution in [-0.4, -0.2) is 18.2 Å². The van der Waals surface area contributed by atoms with E-state index < -0.39 is 6.09 Å². The maximum Gasteiger partial charge on any atom is 0.432 e. The van der Waals surface area contributed by atoms with Gasteiger partial charge in [0, 0.05) is 12.4 Å². The van der Waals surface area contributed by atoms with E-state index in [1.54, 1.807) is 12.4 Å². The quantitative estimate of drug-likeness (QED) is 0.565. The Morgan fingerprint density at radius 2 is 2.45 bits per heavy atom. The van der Waals surface area contributed by atoms with E-state index >= 15 is 0 Å². The highest BCUT2D eigenvalue weighted by molar-refractivity contribution is 5.68. The maximum absolute atomic E-state index is 10.8. The number of carbonyl (C=O) groups excluding carboxylic acids is 1. The van der Waals surface area contributed by atoms with Gasteiger partial charge in [0.05, 0.1) is 7.11 Å². The molecule has 0 aliphatic carbocycles. The van der Waals surface area contributed by atoms with Crippen LogP contribution < -0.4 is 5.43 Å². The van der Waals surface area contributed by atoms with Gasteiger partial charge < -0.3 is 4.74 Å². The van der Waals surface area contributed by atoms with Gasteiger partial charge in [-0.05, 0) is 18.6 Å². The average molecular weight is 154 g/mol. The number of amides is 1. The third-order valence-corrected chi connectivity index (χ3v) is 1.29. The Morgan fingerprint density at radius 3 is 2.91 bits per heavy atom. The first-order valence-electron chi connectivity index (χ1n) is 3.22. The lowest BCUT2D eigenvalue weighted by atomic mass is 10.3. The average Bonchev–Trinajstić information content (AvgIpc) is 2.05. The molecule has 1 aliphatic heterocycles. The Hall–Kier alpha value is -1.45. The van der Waals surface area contributed by atoms with Crippen molar-refractivity contribution in [3.05, 3.63) is 24.0 Å². The second kappa shape index (κ2) is 3.09. The third kappa shape index (κ3) is 1.73. The number of carbonyl (C=O) groups is 1. The summed E-state index contributed by atoms with van der Waals surface area (Å²) in [5.41, 5.74) is 3.79. The van der Waals surface area contributed by atoms with Crippen LogP contribution in [0.25, 0.3) is 0 Å². The summed E-state index contributed by atoms with van der Waals surface area (Å²) >= 11 is 0. The predicted octanol–water partition coefficient (Wildman–Crippen LogP) is 0.990. The lowest BCUT2D eigenvalue weighted by Crippen LogP contribution is -2.36. The highest BCUT2D eigenvalue weighted by Gasteiger charge is 2.10. The van der Waals surface area contributed by atoms with Gasteiger partial charge in [-0.3, -0.25) is 5.43 Å². The summed E-state index contributed by atoms with van der Waals surface area (Å²) in [7, 11) is 1.34. The van der Waals surface area contributed by atoms with Gasteiger partial charge in [0.15, 0.2) is 0 Å². The lowest BCUT2D eigenvalue weighted by molar-refractivity contribution is 0.129. The maximum atomic E-state index is 10.8. The summed E-state index contributed by atoms with van der Waals surface area (Å²) in [4.78, 5) is 10.8. The highest BCUT2D eigenvalue weighted by atomic mass is 16.5. The fraction of sp³-hybridized carbons (Fsp3) is 0.286. The second-order valence-corrected chi connectivity index (χ2v) is 2.17. The molecule has 0 aromatic heterocycles. The van der Waals surface area contributed by atoms with E-state index in [0.717, 1.165) is 5.57 Å². The molecular formula is C7H10N2O2. The van der Waals surface area contributed by atoms with Crippen molar-refractivity contribution < 1.29 is 9.53 Å². The van der Waals surface area contributed by atoms with Gasteiger partial charge in [0.25, 0.3) is 0 Å². The Balaban J connectivity index is 2.55. The minimum Gasteiger partial charge on any atom is -0.451 e. The zero-order chi connectivity index (χ0) is 8.27. The van der Waals surface area contributed by atoms with Gasteiger partial charge in [-0.25, -0.2) is 4.79 Å². The van der Waals surface area contributed by atoms with Crippen molar-refractivity contribution in [2.75, 3.05) is 7.11 Å². The van der Waals surface area contributed by atoms with Crippen molar-refractivity contribution in [3.8, 4) is 0 Å². The molecule has 0 radical (unpaired) electrons.